The summed E-state index contributed by atoms with van der Waals surface area (Å²) in [5.41, 5.74) is 1.43. The van der Waals surface area contributed by atoms with Gasteiger partial charge in [0.25, 0.3) is 0 Å². The van der Waals surface area contributed by atoms with Gasteiger partial charge in [0.05, 0.1) is 6.54 Å². The number of rotatable bonds is 8. The monoisotopic (exact) mass is 560 g/mol. The molecule has 0 radical (unpaired) electrons. The second kappa shape index (κ2) is 12.3. The Labute approximate surface area is 209 Å². The van der Waals surface area contributed by atoms with E-state index in [0.717, 1.165) is 75.7 Å². The summed E-state index contributed by atoms with van der Waals surface area (Å²) in [6, 6.07) is 8.56. The molecule has 1 heterocycles. The van der Waals surface area contributed by atoms with Crippen molar-refractivity contribution in [1.29, 1.82) is 0 Å². The molecule has 0 unspecified atom stereocenters. The first kappa shape index (κ1) is 26.2. The molecular weight excluding hydrogens is 523 g/mol. The third-order valence-corrected chi connectivity index (χ3v) is 6.89. The Balaban J connectivity index is 0.00000341. The lowest BCUT2D eigenvalue weighted by Crippen LogP contribution is -2.50. The molecule has 3 rings (SSSR count). The smallest absolute Gasteiger partial charge is 0.225 e. The van der Waals surface area contributed by atoms with E-state index in [4.69, 9.17) is 16.6 Å². The lowest BCUT2D eigenvalue weighted by atomic mass is 9.96. The van der Waals surface area contributed by atoms with Gasteiger partial charge in [-0.3, -0.25) is 9.79 Å². The van der Waals surface area contributed by atoms with Crippen molar-refractivity contribution in [3.8, 4) is 0 Å². The van der Waals surface area contributed by atoms with Crippen LogP contribution in [0.15, 0.2) is 29.3 Å². The van der Waals surface area contributed by atoms with Crippen molar-refractivity contribution in [3.05, 3.63) is 34.9 Å². The summed E-state index contributed by atoms with van der Waals surface area (Å²) in [6.07, 6.45) is 6.11. The van der Waals surface area contributed by atoms with Crippen molar-refractivity contribution < 1.29 is 4.79 Å². The van der Waals surface area contributed by atoms with Crippen LogP contribution in [-0.4, -0.2) is 49.0 Å². The van der Waals surface area contributed by atoms with Gasteiger partial charge in [0.15, 0.2) is 5.96 Å². The van der Waals surface area contributed by atoms with E-state index in [9.17, 15) is 4.79 Å². The van der Waals surface area contributed by atoms with Crippen LogP contribution in [0.4, 0.5) is 0 Å². The van der Waals surface area contributed by atoms with Crippen LogP contribution < -0.4 is 10.6 Å². The second-order valence-electron chi connectivity index (χ2n) is 8.74. The van der Waals surface area contributed by atoms with Crippen LogP contribution in [0.1, 0.15) is 64.9 Å². The number of benzene rings is 1. The Morgan fingerprint density at radius 3 is 2.45 bits per heavy atom. The number of guanidine groups is 1. The highest BCUT2D eigenvalue weighted by Gasteiger charge is 2.44. The van der Waals surface area contributed by atoms with E-state index in [2.05, 4.69) is 48.4 Å². The van der Waals surface area contributed by atoms with E-state index in [1.165, 1.54) is 5.56 Å². The van der Waals surface area contributed by atoms with Crippen molar-refractivity contribution >= 4 is 47.4 Å². The number of piperidine rings is 1. The van der Waals surface area contributed by atoms with Gasteiger partial charge in [-0.25, -0.2) is 0 Å². The quantitative estimate of drug-likeness (QED) is 0.268. The third kappa shape index (κ3) is 6.98. The molecule has 174 valence electrons. The molecule has 1 aliphatic carbocycles. The average Bonchev–Trinajstić information content (AvgIpc) is 3.55. The van der Waals surface area contributed by atoms with Gasteiger partial charge in [-0.2, -0.15) is 0 Å². The number of likely N-dealkylation sites (tertiary alicyclic amines) is 1. The van der Waals surface area contributed by atoms with Crippen LogP contribution in [-0.2, 0) is 10.2 Å². The molecule has 0 aromatic heterocycles. The Morgan fingerprint density at radius 2 is 1.90 bits per heavy atom. The fourth-order valence-corrected chi connectivity index (χ4v) is 4.58. The summed E-state index contributed by atoms with van der Waals surface area (Å²) in [5.74, 6) is 1.39. The fourth-order valence-electron chi connectivity index (χ4n) is 4.39. The molecule has 31 heavy (non-hydrogen) atoms. The molecular formula is C24H38ClIN4O. The largest absolute Gasteiger partial charge is 0.357 e. The van der Waals surface area contributed by atoms with Crippen LogP contribution in [0.3, 0.4) is 0 Å². The average molecular weight is 561 g/mol. The van der Waals surface area contributed by atoms with Crippen LogP contribution in [0.2, 0.25) is 5.02 Å². The zero-order valence-electron chi connectivity index (χ0n) is 19.1. The van der Waals surface area contributed by atoms with Crippen LogP contribution in [0.5, 0.6) is 0 Å². The standard InChI is InChI=1S/C24H37ClN4O.HI/c1-4-18(5-2)22(30)29-14-10-21(11-15-29)28-23(26-6-3)27-17-24(12-13-24)19-8-7-9-20(25)16-19;/h7-9,16,18,21H,4-6,10-15,17H2,1-3H3,(H2,26,27,28);1H. The van der Waals surface area contributed by atoms with Crippen molar-refractivity contribution in [2.24, 2.45) is 10.9 Å². The van der Waals surface area contributed by atoms with Gasteiger partial charge in [0.2, 0.25) is 5.91 Å². The van der Waals surface area contributed by atoms with Crippen LogP contribution in [0.25, 0.3) is 0 Å². The van der Waals surface area contributed by atoms with Gasteiger partial charge < -0.3 is 15.5 Å². The van der Waals surface area contributed by atoms with Gasteiger partial charge in [-0.1, -0.05) is 37.6 Å². The molecule has 1 saturated carbocycles. The van der Waals surface area contributed by atoms with Gasteiger partial charge in [0, 0.05) is 42.0 Å². The topological polar surface area (TPSA) is 56.7 Å². The summed E-state index contributed by atoms with van der Waals surface area (Å²) >= 11 is 6.20. The number of hydrogen-bond acceptors (Lipinski definition) is 2. The zero-order valence-corrected chi connectivity index (χ0v) is 22.2. The molecule has 0 bridgehead atoms. The summed E-state index contributed by atoms with van der Waals surface area (Å²) < 4.78 is 0. The number of hydrogen-bond donors (Lipinski definition) is 2. The highest BCUT2D eigenvalue weighted by atomic mass is 127. The van der Waals surface area contributed by atoms with Gasteiger partial charge in [-0.05, 0) is 63.1 Å². The molecule has 1 aromatic rings. The fraction of sp³-hybridized carbons (Fsp3) is 0.667. The maximum Gasteiger partial charge on any atom is 0.225 e. The first-order valence-electron chi connectivity index (χ1n) is 11.6. The molecule has 1 aromatic carbocycles. The van der Waals surface area contributed by atoms with Crippen LogP contribution in [0, 0.1) is 5.92 Å². The van der Waals surface area contributed by atoms with Crippen molar-refractivity contribution in [2.75, 3.05) is 26.2 Å². The summed E-state index contributed by atoms with van der Waals surface area (Å²) in [6.45, 7) is 9.58. The minimum absolute atomic E-state index is 0. The normalized spacial score (nSPS) is 18.5. The third-order valence-electron chi connectivity index (χ3n) is 6.66. The molecule has 5 nitrogen and oxygen atoms in total. The zero-order chi connectivity index (χ0) is 21.6. The maximum atomic E-state index is 12.6. The SMILES string of the molecule is CCNC(=NCC1(c2cccc(Cl)c2)CC1)NC1CCN(C(=O)C(CC)CC)CC1.I. The predicted molar refractivity (Wildman–Crippen MR) is 141 cm³/mol. The molecule has 1 amide bonds. The minimum atomic E-state index is 0. The predicted octanol–water partition coefficient (Wildman–Crippen LogP) is 4.97. The number of carbonyl (C=O) groups excluding carboxylic acids is 1. The molecule has 0 spiro atoms. The molecule has 7 heteroatoms. The first-order chi connectivity index (χ1) is 14.5. The number of nitrogens with zero attached hydrogens (tertiary/aromatic N) is 2. The molecule has 1 saturated heterocycles. The summed E-state index contributed by atoms with van der Waals surface area (Å²) in [4.78, 5) is 19.6. The van der Waals surface area contributed by atoms with E-state index in [-0.39, 0.29) is 35.3 Å². The molecule has 2 aliphatic rings. The van der Waals surface area contributed by atoms with E-state index < -0.39 is 0 Å². The summed E-state index contributed by atoms with van der Waals surface area (Å²) in [7, 11) is 0. The number of amides is 1. The maximum absolute atomic E-state index is 12.6. The molecule has 2 N–H and O–H groups in total. The lowest BCUT2D eigenvalue weighted by Gasteiger charge is -2.35. The number of carbonyl (C=O) groups is 1. The van der Waals surface area contributed by atoms with Crippen molar-refractivity contribution in [1.82, 2.24) is 15.5 Å². The second-order valence-corrected chi connectivity index (χ2v) is 9.18. The van der Waals surface area contributed by atoms with E-state index in [0.29, 0.717) is 11.9 Å². The van der Waals surface area contributed by atoms with Crippen molar-refractivity contribution in [2.45, 2.75) is 70.8 Å². The Morgan fingerprint density at radius 1 is 1.23 bits per heavy atom. The highest BCUT2D eigenvalue weighted by Crippen LogP contribution is 2.48. The van der Waals surface area contributed by atoms with Gasteiger partial charge in [-0.15, -0.1) is 24.0 Å². The number of aliphatic imine (C=N–C) groups is 1. The van der Waals surface area contributed by atoms with Gasteiger partial charge >= 0.3 is 0 Å². The number of halogens is 2. The Bertz CT molecular complexity index is 741. The lowest BCUT2D eigenvalue weighted by molar-refractivity contribution is -0.136. The molecule has 0 atom stereocenters. The van der Waals surface area contributed by atoms with E-state index >= 15 is 0 Å². The van der Waals surface area contributed by atoms with E-state index in [1.807, 2.05) is 12.1 Å². The van der Waals surface area contributed by atoms with Crippen LogP contribution >= 0.6 is 35.6 Å². The Hall–Kier alpha value is -1.02. The van der Waals surface area contributed by atoms with E-state index in [1.54, 1.807) is 0 Å². The highest BCUT2D eigenvalue weighted by molar-refractivity contribution is 14.0. The van der Waals surface area contributed by atoms with Gasteiger partial charge in [0.1, 0.15) is 0 Å². The first-order valence-corrected chi connectivity index (χ1v) is 12.0. The minimum Gasteiger partial charge on any atom is -0.357 e. The molecule has 2 fully saturated rings. The van der Waals surface area contributed by atoms with Crippen molar-refractivity contribution in [3.63, 3.8) is 0 Å². The number of nitrogens with one attached hydrogen (secondary N) is 2. The summed E-state index contributed by atoms with van der Waals surface area (Å²) in [5, 5.41) is 7.80. The molecule has 1 aliphatic heterocycles. The Kier molecular flexibility index (Phi) is 10.4.